The zero-order valence-electron chi connectivity index (χ0n) is 10.3. The minimum atomic E-state index is 0.406. The minimum Gasteiger partial charge on any atom is -0.493 e. The molecule has 2 aliphatic rings. The first kappa shape index (κ1) is 10.9. The molecular formula is C14H19NO2. The van der Waals surface area contributed by atoms with Crippen LogP contribution in [0.15, 0.2) is 12.1 Å². The Morgan fingerprint density at radius 2 is 2.18 bits per heavy atom. The van der Waals surface area contributed by atoms with Crippen LogP contribution in [-0.4, -0.2) is 19.8 Å². The molecule has 0 saturated heterocycles. The van der Waals surface area contributed by atoms with Crippen molar-refractivity contribution < 1.29 is 9.47 Å². The fourth-order valence-corrected chi connectivity index (χ4v) is 2.51. The van der Waals surface area contributed by atoms with Crippen LogP contribution in [0.1, 0.15) is 30.4 Å². The van der Waals surface area contributed by atoms with E-state index in [0.29, 0.717) is 6.10 Å². The van der Waals surface area contributed by atoms with Crippen molar-refractivity contribution in [2.75, 3.05) is 13.7 Å². The van der Waals surface area contributed by atoms with Crippen LogP contribution in [0.3, 0.4) is 0 Å². The molecule has 0 bridgehead atoms. The molecule has 0 atom stereocenters. The SMILES string of the molecule is COc1c(OC2CCC2)ccc2c1CCNC2. The Hall–Kier alpha value is -1.22. The standard InChI is InChI=1S/C14H19NO2/c1-16-14-12-7-8-15-9-10(12)5-6-13(14)17-11-3-2-4-11/h5-6,11,15H,2-4,7-9H2,1H3. The van der Waals surface area contributed by atoms with Crippen molar-refractivity contribution in [1.82, 2.24) is 5.32 Å². The Labute approximate surface area is 102 Å². The van der Waals surface area contributed by atoms with Crippen molar-refractivity contribution in [2.45, 2.75) is 38.3 Å². The van der Waals surface area contributed by atoms with Gasteiger partial charge in [-0.1, -0.05) is 6.07 Å². The molecule has 0 radical (unpaired) electrons. The third kappa shape index (κ3) is 2.00. The molecular weight excluding hydrogens is 214 g/mol. The van der Waals surface area contributed by atoms with Gasteiger partial charge in [-0.3, -0.25) is 0 Å². The normalized spacial score (nSPS) is 19.4. The summed E-state index contributed by atoms with van der Waals surface area (Å²) in [6.45, 7) is 1.96. The van der Waals surface area contributed by atoms with Crippen molar-refractivity contribution >= 4 is 0 Å². The van der Waals surface area contributed by atoms with E-state index in [1.54, 1.807) is 7.11 Å². The topological polar surface area (TPSA) is 30.5 Å². The largest absolute Gasteiger partial charge is 0.493 e. The van der Waals surface area contributed by atoms with E-state index in [0.717, 1.165) is 31.0 Å². The van der Waals surface area contributed by atoms with Gasteiger partial charge in [0.2, 0.25) is 0 Å². The van der Waals surface area contributed by atoms with E-state index in [4.69, 9.17) is 9.47 Å². The number of hydrogen-bond acceptors (Lipinski definition) is 3. The average molecular weight is 233 g/mol. The number of methoxy groups -OCH3 is 1. The van der Waals surface area contributed by atoms with Crippen molar-refractivity contribution in [3.05, 3.63) is 23.3 Å². The van der Waals surface area contributed by atoms with E-state index < -0.39 is 0 Å². The highest BCUT2D eigenvalue weighted by atomic mass is 16.5. The van der Waals surface area contributed by atoms with Gasteiger partial charge in [0.25, 0.3) is 0 Å². The van der Waals surface area contributed by atoms with Crippen LogP contribution in [0.2, 0.25) is 0 Å². The van der Waals surface area contributed by atoms with Crippen molar-refractivity contribution in [3.63, 3.8) is 0 Å². The zero-order valence-corrected chi connectivity index (χ0v) is 10.3. The molecule has 0 spiro atoms. The monoisotopic (exact) mass is 233 g/mol. The first-order valence-corrected chi connectivity index (χ1v) is 6.44. The number of ether oxygens (including phenoxy) is 2. The maximum Gasteiger partial charge on any atom is 0.164 e. The Morgan fingerprint density at radius 3 is 2.88 bits per heavy atom. The van der Waals surface area contributed by atoms with Gasteiger partial charge in [-0.2, -0.15) is 0 Å². The summed E-state index contributed by atoms with van der Waals surface area (Å²) in [6, 6.07) is 4.22. The van der Waals surface area contributed by atoms with E-state index in [2.05, 4.69) is 17.4 Å². The molecule has 1 heterocycles. The molecule has 3 nitrogen and oxygen atoms in total. The van der Waals surface area contributed by atoms with Gasteiger partial charge in [-0.05, 0) is 43.9 Å². The van der Waals surface area contributed by atoms with Gasteiger partial charge >= 0.3 is 0 Å². The number of fused-ring (bicyclic) bond motifs is 1. The maximum absolute atomic E-state index is 5.99. The summed E-state index contributed by atoms with van der Waals surface area (Å²) in [7, 11) is 1.74. The summed E-state index contributed by atoms with van der Waals surface area (Å²) in [5.41, 5.74) is 2.66. The third-order valence-corrected chi connectivity index (χ3v) is 3.74. The summed E-state index contributed by atoms with van der Waals surface area (Å²) in [4.78, 5) is 0. The number of rotatable bonds is 3. The van der Waals surface area contributed by atoms with Crippen LogP contribution in [0.5, 0.6) is 11.5 Å². The highest BCUT2D eigenvalue weighted by Crippen LogP contribution is 2.37. The van der Waals surface area contributed by atoms with Gasteiger partial charge < -0.3 is 14.8 Å². The van der Waals surface area contributed by atoms with E-state index in [1.807, 2.05) is 0 Å². The molecule has 1 saturated carbocycles. The van der Waals surface area contributed by atoms with Crippen LogP contribution in [0.4, 0.5) is 0 Å². The average Bonchev–Trinajstić information content (AvgIpc) is 2.33. The Balaban J connectivity index is 1.91. The van der Waals surface area contributed by atoms with E-state index in [9.17, 15) is 0 Å². The van der Waals surface area contributed by atoms with E-state index >= 15 is 0 Å². The molecule has 1 aromatic rings. The van der Waals surface area contributed by atoms with Crippen LogP contribution >= 0.6 is 0 Å². The highest BCUT2D eigenvalue weighted by molar-refractivity contribution is 5.51. The van der Waals surface area contributed by atoms with Crippen LogP contribution < -0.4 is 14.8 Å². The number of benzene rings is 1. The predicted octanol–water partition coefficient (Wildman–Crippen LogP) is 2.27. The summed E-state index contributed by atoms with van der Waals surface area (Å²) in [6.07, 6.45) is 5.09. The van der Waals surface area contributed by atoms with Crippen molar-refractivity contribution in [2.24, 2.45) is 0 Å². The first-order chi connectivity index (χ1) is 8.38. The van der Waals surface area contributed by atoms with Crippen molar-refractivity contribution in [3.8, 4) is 11.5 Å². The fraction of sp³-hybridized carbons (Fsp3) is 0.571. The summed E-state index contributed by atoms with van der Waals surface area (Å²) in [5, 5.41) is 3.38. The van der Waals surface area contributed by atoms with Crippen LogP contribution in [0.25, 0.3) is 0 Å². The Bertz CT molecular complexity index is 413. The zero-order chi connectivity index (χ0) is 11.7. The lowest BCUT2D eigenvalue weighted by Gasteiger charge is -2.29. The molecule has 1 fully saturated rings. The quantitative estimate of drug-likeness (QED) is 0.868. The molecule has 1 aliphatic carbocycles. The molecule has 3 rings (SSSR count). The molecule has 0 aromatic heterocycles. The second-order valence-corrected chi connectivity index (χ2v) is 4.83. The van der Waals surface area contributed by atoms with Crippen molar-refractivity contribution in [1.29, 1.82) is 0 Å². The molecule has 1 aliphatic heterocycles. The van der Waals surface area contributed by atoms with Gasteiger partial charge in [0.1, 0.15) is 0 Å². The fourth-order valence-electron chi connectivity index (χ4n) is 2.51. The second kappa shape index (κ2) is 4.57. The van der Waals surface area contributed by atoms with Gasteiger partial charge in [-0.25, -0.2) is 0 Å². The van der Waals surface area contributed by atoms with Gasteiger partial charge in [-0.15, -0.1) is 0 Å². The Kier molecular flexibility index (Phi) is 2.93. The molecule has 0 amide bonds. The Morgan fingerprint density at radius 1 is 1.29 bits per heavy atom. The molecule has 17 heavy (non-hydrogen) atoms. The predicted molar refractivity (Wildman–Crippen MR) is 66.7 cm³/mol. The molecule has 1 aromatic carbocycles. The smallest absolute Gasteiger partial charge is 0.164 e. The summed E-state index contributed by atoms with van der Waals surface area (Å²) < 4.78 is 11.6. The third-order valence-electron chi connectivity index (χ3n) is 3.74. The van der Waals surface area contributed by atoms with Crippen LogP contribution in [0, 0.1) is 0 Å². The number of hydrogen-bond donors (Lipinski definition) is 1. The highest BCUT2D eigenvalue weighted by Gasteiger charge is 2.23. The lowest BCUT2D eigenvalue weighted by molar-refractivity contribution is 0.116. The molecule has 0 unspecified atom stereocenters. The molecule has 3 heteroatoms. The lowest BCUT2D eigenvalue weighted by Crippen LogP contribution is -2.26. The van der Waals surface area contributed by atoms with Gasteiger partial charge in [0.05, 0.1) is 13.2 Å². The molecule has 1 N–H and O–H groups in total. The van der Waals surface area contributed by atoms with Gasteiger partial charge in [0, 0.05) is 12.1 Å². The minimum absolute atomic E-state index is 0.406. The van der Waals surface area contributed by atoms with E-state index in [1.165, 1.54) is 30.4 Å². The molecule has 92 valence electrons. The first-order valence-electron chi connectivity index (χ1n) is 6.44. The van der Waals surface area contributed by atoms with Gasteiger partial charge in [0.15, 0.2) is 11.5 Å². The number of nitrogens with one attached hydrogen (secondary N) is 1. The van der Waals surface area contributed by atoms with Crippen LogP contribution in [-0.2, 0) is 13.0 Å². The summed E-state index contributed by atoms with van der Waals surface area (Å²) >= 11 is 0. The lowest BCUT2D eigenvalue weighted by atomic mass is 9.95. The summed E-state index contributed by atoms with van der Waals surface area (Å²) in [5.74, 6) is 1.88. The second-order valence-electron chi connectivity index (χ2n) is 4.83. The van der Waals surface area contributed by atoms with E-state index in [-0.39, 0.29) is 0 Å². The maximum atomic E-state index is 5.99.